The van der Waals surface area contributed by atoms with Crippen LogP contribution in [-0.4, -0.2) is 10.9 Å². The molecule has 0 aliphatic heterocycles. The summed E-state index contributed by atoms with van der Waals surface area (Å²) in [4.78, 5) is 17.8. The fourth-order valence-electron chi connectivity index (χ4n) is 3.22. The van der Waals surface area contributed by atoms with E-state index in [2.05, 4.69) is 15.6 Å². The summed E-state index contributed by atoms with van der Waals surface area (Å²) in [5, 5.41) is 6.69. The van der Waals surface area contributed by atoms with Gasteiger partial charge in [0.2, 0.25) is 0 Å². The third-order valence-corrected chi connectivity index (χ3v) is 5.68. The molecule has 0 fully saturated rings. The average molecular weight is 457 g/mol. The van der Waals surface area contributed by atoms with Crippen molar-refractivity contribution in [1.82, 2.24) is 4.98 Å². The molecule has 5 nitrogen and oxygen atoms in total. The van der Waals surface area contributed by atoms with Crippen LogP contribution in [0.15, 0.2) is 77.5 Å². The number of benzene rings is 1. The fourth-order valence-corrected chi connectivity index (χ4v) is 4.17. The van der Waals surface area contributed by atoms with Crippen LogP contribution in [-0.2, 0) is 6.18 Å². The van der Waals surface area contributed by atoms with Gasteiger partial charge in [-0.05, 0) is 55.0 Å². The summed E-state index contributed by atoms with van der Waals surface area (Å²) in [6.45, 7) is 1.89. The summed E-state index contributed by atoms with van der Waals surface area (Å²) in [5.41, 5.74) is 0.568. The Labute approximate surface area is 185 Å². The second kappa shape index (κ2) is 8.88. The highest BCUT2D eigenvalue weighted by atomic mass is 32.1. The lowest BCUT2D eigenvalue weighted by Gasteiger charge is -2.21. The molecule has 164 valence electrons. The SMILES string of the molecule is Cc1cc([C@@H](Nc2ccccn2)c2ccc(C(F)(F)F)cc2)c(NC(=O)c2ccco2)s1. The monoisotopic (exact) mass is 457 g/mol. The minimum atomic E-state index is -4.43. The summed E-state index contributed by atoms with van der Waals surface area (Å²) in [5.74, 6) is 0.289. The number of thiophene rings is 1. The van der Waals surface area contributed by atoms with Crippen molar-refractivity contribution in [2.24, 2.45) is 0 Å². The van der Waals surface area contributed by atoms with Crippen molar-refractivity contribution >= 4 is 28.1 Å². The highest BCUT2D eigenvalue weighted by molar-refractivity contribution is 7.16. The quantitative estimate of drug-likeness (QED) is 0.346. The molecule has 1 amide bonds. The van der Waals surface area contributed by atoms with E-state index < -0.39 is 23.7 Å². The molecule has 0 saturated heterocycles. The molecule has 9 heteroatoms. The first kappa shape index (κ1) is 21.6. The number of furan rings is 1. The predicted molar refractivity (Wildman–Crippen MR) is 117 cm³/mol. The van der Waals surface area contributed by atoms with Crippen LogP contribution in [0.1, 0.15) is 38.2 Å². The number of nitrogens with one attached hydrogen (secondary N) is 2. The van der Waals surface area contributed by atoms with E-state index in [4.69, 9.17) is 4.42 Å². The van der Waals surface area contributed by atoms with E-state index in [-0.39, 0.29) is 5.76 Å². The van der Waals surface area contributed by atoms with Gasteiger partial charge in [0.25, 0.3) is 5.91 Å². The number of carbonyl (C=O) groups is 1. The molecule has 0 aliphatic rings. The minimum Gasteiger partial charge on any atom is -0.459 e. The molecule has 4 rings (SSSR count). The van der Waals surface area contributed by atoms with Gasteiger partial charge in [0.05, 0.1) is 17.9 Å². The molecule has 3 aromatic heterocycles. The normalized spacial score (nSPS) is 12.4. The number of alkyl halides is 3. The molecule has 1 atom stereocenters. The number of amides is 1. The molecule has 0 aliphatic carbocycles. The number of rotatable bonds is 6. The summed E-state index contributed by atoms with van der Waals surface area (Å²) in [6.07, 6.45) is -1.41. The number of hydrogen-bond acceptors (Lipinski definition) is 5. The van der Waals surface area contributed by atoms with Gasteiger partial charge in [-0.2, -0.15) is 13.2 Å². The predicted octanol–water partition coefficient (Wildman–Crippen LogP) is 6.52. The molecule has 0 radical (unpaired) electrons. The summed E-state index contributed by atoms with van der Waals surface area (Å²) in [7, 11) is 0. The van der Waals surface area contributed by atoms with E-state index in [0.717, 1.165) is 17.0 Å². The van der Waals surface area contributed by atoms with Crippen molar-refractivity contribution < 1.29 is 22.4 Å². The number of aromatic nitrogens is 1. The van der Waals surface area contributed by atoms with Crippen LogP contribution >= 0.6 is 11.3 Å². The van der Waals surface area contributed by atoms with Crippen molar-refractivity contribution in [2.45, 2.75) is 19.1 Å². The largest absolute Gasteiger partial charge is 0.459 e. The molecule has 4 aromatic rings. The van der Waals surface area contributed by atoms with E-state index in [1.807, 2.05) is 13.0 Å². The molecule has 0 bridgehead atoms. The van der Waals surface area contributed by atoms with Gasteiger partial charge in [-0.25, -0.2) is 4.98 Å². The van der Waals surface area contributed by atoms with Crippen LogP contribution in [0, 0.1) is 6.92 Å². The summed E-state index contributed by atoms with van der Waals surface area (Å²) in [6, 6.07) is 14.8. The number of pyridine rings is 1. The Kier molecular flexibility index (Phi) is 6.00. The highest BCUT2D eigenvalue weighted by Crippen LogP contribution is 2.38. The van der Waals surface area contributed by atoms with Gasteiger partial charge in [-0.15, -0.1) is 11.3 Å². The Morgan fingerprint density at radius 1 is 1.09 bits per heavy atom. The number of anilines is 2. The third-order valence-electron chi connectivity index (χ3n) is 4.70. The Bertz CT molecular complexity index is 1190. The van der Waals surface area contributed by atoms with Gasteiger partial charge in [0, 0.05) is 16.6 Å². The summed E-state index contributed by atoms with van der Waals surface area (Å²) >= 11 is 1.37. The molecular weight excluding hydrogens is 439 g/mol. The molecule has 0 saturated carbocycles. The molecule has 2 N–H and O–H groups in total. The van der Waals surface area contributed by atoms with E-state index in [9.17, 15) is 18.0 Å². The second-order valence-corrected chi connectivity index (χ2v) is 8.24. The van der Waals surface area contributed by atoms with Gasteiger partial charge in [0.15, 0.2) is 5.76 Å². The maximum Gasteiger partial charge on any atom is 0.416 e. The van der Waals surface area contributed by atoms with Gasteiger partial charge in [-0.3, -0.25) is 4.79 Å². The molecule has 3 heterocycles. The molecule has 0 spiro atoms. The van der Waals surface area contributed by atoms with Crippen LogP contribution < -0.4 is 10.6 Å². The number of hydrogen-bond donors (Lipinski definition) is 2. The van der Waals surface area contributed by atoms with Crippen molar-refractivity contribution in [3.05, 3.63) is 100 Å². The minimum absolute atomic E-state index is 0.158. The molecule has 32 heavy (non-hydrogen) atoms. The van der Waals surface area contributed by atoms with E-state index >= 15 is 0 Å². The van der Waals surface area contributed by atoms with Gasteiger partial charge in [0.1, 0.15) is 10.8 Å². The smallest absolute Gasteiger partial charge is 0.416 e. The Morgan fingerprint density at radius 3 is 2.50 bits per heavy atom. The van der Waals surface area contributed by atoms with E-state index in [1.165, 1.54) is 29.7 Å². The number of carbonyl (C=O) groups excluding carboxylic acids is 1. The zero-order valence-electron chi connectivity index (χ0n) is 16.8. The zero-order chi connectivity index (χ0) is 22.7. The number of aryl methyl sites for hydroxylation is 1. The second-order valence-electron chi connectivity index (χ2n) is 6.99. The Morgan fingerprint density at radius 2 is 1.88 bits per heavy atom. The lowest BCUT2D eigenvalue weighted by Crippen LogP contribution is -2.17. The Hall–Kier alpha value is -3.59. The van der Waals surface area contributed by atoms with E-state index in [0.29, 0.717) is 21.9 Å². The third kappa shape index (κ3) is 4.83. The first-order valence-corrected chi connectivity index (χ1v) is 10.4. The molecule has 0 unspecified atom stereocenters. The van der Waals surface area contributed by atoms with Gasteiger partial charge in [-0.1, -0.05) is 18.2 Å². The number of halogens is 3. The molecule has 1 aromatic carbocycles. The average Bonchev–Trinajstić information content (AvgIpc) is 3.42. The standard InChI is InChI=1S/C23H18F3N3O2S/c1-14-13-17(22(32-14)29-21(30)18-5-4-12-31-18)20(28-19-6-2-3-11-27-19)15-7-9-16(10-8-15)23(24,25)26/h2-13,20H,1H3,(H,27,28)(H,29,30)/t20-/m0/s1. The lowest BCUT2D eigenvalue weighted by molar-refractivity contribution is -0.137. The van der Waals surface area contributed by atoms with Gasteiger partial charge >= 0.3 is 6.18 Å². The first-order valence-electron chi connectivity index (χ1n) is 9.61. The zero-order valence-corrected chi connectivity index (χ0v) is 17.6. The van der Waals surface area contributed by atoms with Crippen molar-refractivity contribution in [3.63, 3.8) is 0 Å². The number of nitrogens with zero attached hydrogens (tertiary/aromatic N) is 1. The summed E-state index contributed by atoms with van der Waals surface area (Å²) < 4.78 is 44.3. The van der Waals surface area contributed by atoms with Crippen molar-refractivity contribution in [3.8, 4) is 0 Å². The Balaban J connectivity index is 1.72. The fraction of sp³-hybridized carbons (Fsp3) is 0.130. The van der Waals surface area contributed by atoms with Crippen molar-refractivity contribution in [2.75, 3.05) is 10.6 Å². The van der Waals surface area contributed by atoms with Crippen LogP contribution in [0.2, 0.25) is 0 Å². The van der Waals surface area contributed by atoms with Crippen LogP contribution in [0.4, 0.5) is 24.0 Å². The lowest BCUT2D eigenvalue weighted by atomic mass is 9.98. The highest BCUT2D eigenvalue weighted by Gasteiger charge is 2.31. The topological polar surface area (TPSA) is 67.2 Å². The van der Waals surface area contributed by atoms with Gasteiger partial charge < -0.3 is 15.1 Å². The van der Waals surface area contributed by atoms with Crippen LogP contribution in [0.3, 0.4) is 0 Å². The first-order chi connectivity index (χ1) is 15.3. The van der Waals surface area contributed by atoms with Crippen LogP contribution in [0.25, 0.3) is 0 Å². The maximum atomic E-state index is 13.1. The molecular formula is C23H18F3N3O2S. The maximum absolute atomic E-state index is 13.1. The van der Waals surface area contributed by atoms with Crippen molar-refractivity contribution in [1.29, 1.82) is 0 Å². The van der Waals surface area contributed by atoms with Crippen LogP contribution in [0.5, 0.6) is 0 Å². The van der Waals surface area contributed by atoms with E-state index in [1.54, 1.807) is 36.5 Å².